The predicted molar refractivity (Wildman–Crippen MR) is 131 cm³/mol. The number of benzene rings is 3. The number of thioether (sulfide) groups is 1. The zero-order chi connectivity index (χ0) is 21.5. The third-order valence-electron chi connectivity index (χ3n) is 4.22. The number of carbonyl (C=O) groups is 1. The van der Waals surface area contributed by atoms with Crippen LogP contribution in [0.3, 0.4) is 0 Å². The molecular formula is C23H18BrN3O2S2. The van der Waals surface area contributed by atoms with E-state index in [4.69, 9.17) is 4.74 Å². The van der Waals surface area contributed by atoms with Gasteiger partial charge in [0, 0.05) is 10.0 Å². The number of thiazole rings is 1. The maximum atomic E-state index is 12.1. The number of nitrogens with one attached hydrogen (secondary N) is 1. The van der Waals surface area contributed by atoms with Gasteiger partial charge in [-0.1, -0.05) is 64.1 Å². The zero-order valence-corrected chi connectivity index (χ0v) is 19.5. The predicted octanol–water partition coefficient (Wildman–Crippen LogP) is 5.88. The topological polar surface area (TPSA) is 63.6 Å². The molecule has 1 heterocycles. The van der Waals surface area contributed by atoms with Crippen LogP contribution in [0.2, 0.25) is 0 Å². The van der Waals surface area contributed by atoms with Gasteiger partial charge < -0.3 is 4.74 Å². The summed E-state index contributed by atoms with van der Waals surface area (Å²) in [6.45, 7) is 0.448. The van der Waals surface area contributed by atoms with E-state index in [9.17, 15) is 4.79 Å². The van der Waals surface area contributed by atoms with Gasteiger partial charge in [-0.15, -0.1) is 11.3 Å². The van der Waals surface area contributed by atoms with Crippen molar-refractivity contribution >= 4 is 61.4 Å². The van der Waals surface area contributed by atoms with E-state index in [1.165, 1.54) is 11.8 Å². The van der Waals surface area contributed by atoms with Gasteiger partial charge in [0.25, 0.3) is 5.91 Å². The molecule has 0 atom stereocenters. The smallest absolute Gasteiger partial charge is 0.250 e. The molecule has 8 heteroatoms. The SMILES string of the molecule is O=C(CSc1nc2ccccc2s1)N/N=C\c1ccccc1OCc1ccc(Br)cc1. The van der Waals surface area contributed by atoms with E-state index < -0.39 is 0 Å². The van der Waals surface area contributed by atoms with Crippen LogP contribution in [0.1, 0.15) is 11.1 Å². The molecule has 0 aliphatic heterocycles. The number of aromatic nitrogens is 1. The molecule has 0 saturated carbocycles. The second-order valence-electron chi connectivity index (χ2n) is 6.48. The van der Waals surface area contributed by atoms with Gasteiger partial charge in [0.1, 0.15) is 12.4 Å². The minimum Gasteiger partial charge on any atom is -0.488 e. The minimum atomic E-state index is -0.186. The average Bonchev–Trinajstić information content (AvgIpc) is 3.21. The van der Waals surface area contributed by atoms with E-state index in [1.54, 1.807) is 17.6 Å². The fourth-order valence-electron chi connectivity index (χ4n) is 2.71. The monoisotopic (exact) mass is 511 g/mol. The van der Waals surface area contributed by atoms with Crippen LogP contribution < -0.4 is 10.2 Å². The summed E-state index contributed by atoms with van der Waals surface area (Å²) in [7, 11) is 0. The van der Waals surface area contributed by atoms with Crippen LogP contribution in [0, 0.1) is 0 Å². The highest BCUT2D eigenvalue weighted by Crippen LogP contribution is 2.29. The quantitative estimate of drug-likeness (QED) is 0.182. The zero-order valence-electron chi connectivity index (χ0n) is 16.3. The van der Waals surface area contributed by atoms with Crippen molar-refractivity contribution < 1.29 is 9.53 Å². The second-order valence-corrected chi connectivity index (χ2v) is 9.65. The summed E-state index contributed by atoms with van der Waals surface area (Å²) < 4.78 is 8.93. The summed E-state index contributed by atoms with van der Waals surface area (Å²) in [5, 5.41) is 4.08. The highest BCUT2D eigenvalue weighted by atomic mass is 79.9. The Morgan fingerprint density at radius 1 is 1.10 bits per heavy atom. The Hall–Kier alpha value is -2.68. The molecule has 0 aliphatic carbocycles. The Bertz CT molecular complexity index is 1180. The highest BCUT2D eigenvalue weighted by molar-refractivity contribution is 9.10. The molecule has 3 aromatic carbocycles. The summed E-state index contributed by atoms with van der Waals surface area (Å²) >= 11 is 6.41. The average molecular weight is 512 g/mol. The molecule has 0 radical (unpaired) electrons. The van der Waals surface area contributed by atoms with Crippen LogP contribution in [0.25, 0.3) is 10.2 Å². The van der Waals surface area contributed by atoms with E-state index in [1.807, 2.05) is 72.8 Å². The molecule has 1 amide bonds. The molecule has 156 valence electrons. The summed E-state index contributed by atoms with van der Waals surface area (Å²) in [5.74, 6) is 0.764. The van der Waals surface area contributed by atoms with Crippen LogP contribution in [-0.2, 0) is 11.4 Å². The lowest BCUT2D eigenvalue weighted by molar-refractivity contribution is -0.118. The number of fused-ring (bicyclic) bond motifs is 1. The first-order valence-corrected chi connectivity index (χ1v) is 12.0. The molecule has 0 saturated heterocycles. The number of hydrogen-bond donors (Lipinski definition) is 1. The highest BCUT2D eigenvalue weighted by Gasteiger charge is 2.07. The Labute approximate surface area is 196 Å². The minimum absolute atomic E-state index is 0.186. The fourth-order valence-corrected chi connectivity index (χ4v) is 4.83. The molecule has 31 heavy (non-hydrogen) atoms. The van der Waals surface area contributed by atoms with Gasteiger partial charge in [0.2, 0.25) is 0 Å². The maximum Gasteiger partial charge on any atom is 0.250 e. The first-order chi connectivity index (χ1) is 15.2. The van der Waals surface area contributed by atoms with E-state index in [0.29, 0.717) is 12.4 Å². The Balaban J connectivity index is 1.29. The van der Waals surface area contributed by atoms with Crippen molar-refractivity contribution in [3.63, 3.8) is 0 Å². The Morgan fingerprint density at radius 2 is 1.87 bits per heavy atom. The van der Waals surface area contributed by atoms with Gasteiger partial charge >= 0.3 is 0 Å². The van der Waals surface area contributed by atoms with Gasteiger partial charge in [-0.05, 0) is 42.0 Å². The molecular weight excluding hydrogens is 494 g/mol. The van der Waals surface area contributed by atoms with Crippen LogP contribution >= 0.6 is 39.0 Å². The number of nitrogens with zero attached hydrogens (tertiary/aromatic N) is 2. The second kappa shape index (κ2) is 10.6. The first kappa shape index (κ1) is 21.5. The molecule has 0 bridgehead atoms. The summed E-state index contributed by atoms with van der Waals surface area (Å²) in [6.07, 6.45) is 1.59. The molecule has 0 spiro atoms. The number of halogens is 1. The maximum absolute atomic E-state index is 12.1. The van der Waals surface area contributed by atoms with Crippen LogP contribution in [0.5, 0.6) is 5.75 Å². The van der Waals surface area contributed by atoms with Crippen LogP contribution in [0.4, 0.5) is 0 Å². The number of ether oxygens (including phenoxy) is 1. The van der Waals surface area contributed by atoms with Crippen molar-refractivity contribution in [1.29, 1.82) is 0 Å². The van der Waals surface area contributed by atoms with Gasteiger partial charge in [0.05, 0.1) is 22.2 Å². The molecule has 0 unspecified atom stereocenters. The van der Waals surface area contributed by atoms with E-state index >= 15 is 0 Å². The van der Waals surface area contributed by atoms with Crippen molar-refractivity contribution in [1.82, 2.24) is 10.4 Å². The molecule has 0 fully saturated rings. The Kier molecular flexibility index (Phi) is 7.35. The van der Waals surface area contributed by atoms with E-state index in [-0.39, 0.29) is 11.7 Å². The Morgan fingerprint density at radius 3 is 2.71 bits per heavy atom. The van der Waals surface area contributed by atoms with Crippen LogP contribution in [0.15, 0.2) is 86.7 Å². The fraction of sp³-hybridized carbons (Fsp3) is 0.0870. The normalized spacial score (nSPS) is 11.1. The number of rotatable bonds is 8. The number of hydrogen-bond acceptors (Lipinski definition) is 6. The van der Waals surface area contributed by atoms with Crippen molar-refractivity contribution in [3.8, 4) is 5.75 Å². The van der Waals surface area contributed by atoms with Crippen molar-refractivity contribution in [2.45, 2.75) is 10.9 Å². The lowest BCUT2D eigenvalue weighted by atomic mass is 10.2. The van der Waals surface area contributed by atoms with Crippen molar-refractivity contribution in [2.75, 3.05) is 5.75 Å². The number of hydrazone groups is 1. The van der Waals surface area contributed by atoms with Crippen LogP contribution in [-0.4, -0.2) is 22.9 Å². The molecule has 1 N–H and O–H groups in total. The molecule has 1 aromatic heterocycles. The summed E-state index contributed by atoms with van der Waals surface area (Å²) in [5.41, 5.74) is 5.38. The van der Waals surface area contributed by atoms with E-state index in [2.05, 4.69) is 31.4 Å². The molecule has 5 nitrogen and oxygen atoms in total. The lowest BCUT2D eigenvalue weighted by Gasteiger charge is -2.09. The van der Waals surface area contributed by atoms with Gasteiger partial charge in [-0.3, -0.25) is 4.79 Å². The number of amides is 1. The molecule has 0 aliphatic rings. The summed E-state index contributed by atoms with van der Waals surface area (Å²) in [6, 6.07) is 23.5. The van der Waals surface area contributed by atoms with Crippen molar-refractivity contribution in [3.05, 3.63) is 88.4 Å². The third kappa shape index (κ3) is 6.16. The third-order valence-corrected chi connectivity index (χ3v) is 6.93. The van der Waals surface area contributed by atoms with E-state index in [0.717, 1.165) is 30.2 Å². The number of carbonyl (C=O) groups excluding carboxylic acids is 1. The number of para-hydroxylation sites is 2. The molecule has 4 aromatic rings. The first-order valence-electron chi connectivity index (χ1n) is 9.44. The molecule has 4 rings (SSSR count). The standard InChI is InChI=1S/C23H18BrN3O2S2/c24-18-11-9-16(10-12-18)14-29-20-7-3-1-5-17(20)13-25-27-22(28)15-30-23-26-19-6-2-4-8-21(19)31-23/h1-13H,14-15H2,(H,27,28)/b25-13-. The van der Waals surface area contributed by atoms with Crippen molar-refractivity contribution in [2.24, 2.45) is 5.10 Å². The lowest BCUT2D eigenvalue weighted by Crippen LogP contribution is -2.19. The summed E-state index contributed by atoms with van der Waals surface area (Å²) in [4.78, 5) is 16.7. The van der Waals surface area contributed by atoms with Gasteiger partial charge in [-0.2, -0.15) is 5.10 Å². The van der Waals surface area contributed by atoms with Gasteiger partial charge in [-0.25, -0.2) is 10.4 Å². The van der Waals surface area contributed by atoms with Gasteiger partial charge in [0.15, 0.2) is 4.34 Å². The largest absolute Gasteiger partial charge is 0.488 e.